The second kappa shape index (κ2) is 7.63. The maximum Gasteiger partial charge on any atom is 0.252 e. The van der Waals surface area contributed by atoms with Crippen LogP contribution in [0.2, 0.25) is 0 Å². The molecule has 0 spiro atoms. The Bertz CT molecular complexity index is 494. The number of allylic oxidation sites excluding steroid dienone is 1. The standard InChI is InChI=1S/C14H18N2O2S/c1-10(2)7-8-19-12-6-4-3-5-11(12)14(18)16-9-13(15)17/h3-7H,8-9H2,1-2H3,(H2,15,17)(H,16,18). The minimum absolute atomic E-state index is 0.147. The zero-order chi connectivity index (χ0) is 14.3. The van der Waals surface area contributed by atoms with Crippen molar-refractivity contribution in [2.45, 2.75) is 18.7 Å². The fourth-order valence-corrected chi connectivity index (χ4v) is 2.43. The zero-order valence-electron chi connectivity index (χ0n) is 11.1. The highest BCUT2D eigenvalue weighted by Gasteiger charge is 2.11. The number of benzene rings is 1. The molecule has 3 N–H and O–H groups in total. The summed E-state index contributed by atoms with van der Waals surface area (Å²) in [7, 11) is 0. The van der Waals surface area contributed by atoms with Gasteiger partial charge in [-0.25, -0.2) is 0 Å². The van der Waals surface area contributed by atoms with E-state index in [1.54, 1.807) is 23.9 Å². The Balaban J connectivity index is 2.74. The van der Waals surface area contributed by atoms with Gasteiger partial charge in [-0.05, 0) is 26.0 Å². The average Bonchev–Trinajstić information content (AvgIpc) is 2.36. The molecule has 5 heteroatoms. The van der Waals surface area contributed by atoms with Crippen molar-refractivity contribution in [2.75, 3.05) is 12.3 Å². The van der Waals surface area contributed by atoms with Crippen molar-refractivity contribution in [3.05, 3.63) is 41.5 Å². The Morgan fingerprint density at radius 2 is 2.00 bits per heavy atom. The monoisotopic (exact) mass is 278 g/mol. The lowest BCUT2D eigenvalue weighted by atomic mass is 10.2. The van der Waals surface area contributed by atoms with Crippen LogP contribution in [0.1, 0.15) is 24.2 Å². The molecule has 0 heterocycles. The van der Waals surface area contributed by atoms with Crippen LogP contribution in [0.25, 0.3) is 0 Å². The minimum atomic E-state index is -0.553. The van der Waals surface area contributed by atoms with E-state index in [0.29, 0.717) is 5.56 Å². The van der Waals surface area contributed by atoms with Crippen LogP contribution in [0.15, 0.2) is 40.8 Å². The number of nitrogens with two attached hydrogens (primary N) is 1. The van der Waals surface area contributed by atoms with Gasteiger partial charge in [-0.3, -0.25) is 9.59 Å². The Hall–Kier alpha value is -1.75. The first-order valence-corrected chi connectivity index (χ1v) is 6.91. The molecule has 2 amide bonds. The summed E-state index contributed by atoms with van der Waals surface area (Å²) in [5.74, 6) is -0.0234. The number of carbonyl (C=O) groups is 2. The number of hydrogen-bond acceptors (Lipinski definition) is 3. The number of amides is 2. The molecule has 1 aromatic carbocycles. The second-order valence-electron chi connectivity index (χ2n) is 4.24. The van der Waals surface area contributed by atoms with E-state index in [1.165, 1.54) is 5.57 Å². The number of rotatable bonds is 6. The van der Waals surface area contributed by atoms with Crippen LogP contribution >= 0.6 is 11.8 Å². The van der Waals surface area contributed by atoms with Crippen LogP contribution in [0.5, 0.6) is 0 Å². The Morgan fingerprint density at radius 3 is 2.63 bits per heavy atom. The van der Waals surface area contributed by atoms with E-state index < -0.39 is 5.91 Å². The third-order valence-electron chi connectivity index (χ3n) is 2.29. The topological polar surface area (TPSA) is 72.2 Å². The van der Waals surface area contributed by atoms with Crippen molar-refractivity contribution in [1.82, 2.24) is 5.32 Å². The van der Waals surface area contributed by atoms with E-state index in [1.807, 2.05) is 26.0 Å². The molecule has 0 aromatic heterocycles. The van der Waals surface area contributed by atoms with E-state index in [0.717, 1.165) is 10.6 Å². The number of carbonyl (C=O) groups excluding carboxylic acids is 2. The highest BCUT2D eigenvalue weighted by Crippen LogP contribution is 2.23. The van der Waals surface area contributed by atoms with Crippen LogP contribution < -0.4 is 11.1 Å². The summed E-state index contributed by atoms with van der Waals surface area (Å²) in [6, 6.07) is 7.31. The summed E-state index contributed by atoms with van der Waals surface area (Å²) < 4.78 is 0. The number of hydrogen-bond donors (Lipinski definition) is 2. The largest absolute Gasteiger partial charge is 0.368 e. The quantitative estimate of drug-likeness (QED) is 0.617. The van der Waals surface area contributed by atoms with Gasteiger partial charge in [-0.2, -0.15) is 0 Å². The third kappa shape index (κ3) is 5.61. The van der Waals surface area contributed by atoms with E-state index in [4.69, 9.17) is 5.73 Å². The van der Waals surface area contributed by atoms with Gasteiger partial charge in [0.15, 0.2) is 0 Å². The molecule has 0 aliphatic heterocycles. The van der Waals surface area contributed by atoms with Crippen LogP contribution in [-0.2, 0) is 4.79 Å². The third-order valence-corrected chi connectivity index (χ3v) is 3.29. The Kier molecular flexibility index (Phi) is 6.15. The number of primary amides is 1. The first-order chi connectivity index (χ1) is 9.00. The molecule has 0 aliphatic carbocycles. The van der Waals surface area contributed by atoms with Crippen molar-refractivity contribution >= 4 is 23.6 Å². The zero-order valence-corrected chi connectivity index (χ0v) is 11.9. The van der Waals surface area contributed by atoms with Crippen LogP contribution in [0, 0.1) is 0 Å². The Labute approximate surface area is 117 Å². The van der Waals surface area contributed by atoms with Crippen molar-refractivity contribution in [3.63, 3.8) is 0 Å². The van der Waals surface area contributed by atoms with Gasteiger partial charge in [0.25, 0.3) is 5.91 Å². The predicted octanol–water partition coefficient (Wildman–Crippen LogP) is 1.96. The summed E-state index contributed by atoms with van der Waals surface area (Å²) >= 11 is 1.58. The van der Waals surface area contributed by atoms with Gasteiger partial charge in [0.2, 0.25) is 5.91 Å². The minimum Gasteiger partial charge on any atom is -0.368 e. The maximum absolute atomic E-state index is 11.9. The van der Waals surface area contributed by atoms with Gasteiger partial charge >= 0.3 is 0 Å². The molecular weight excluding hydrogens is 260 g/mol. The molecule has 1 rings (SSSR count). The molecule has 1 aromatic rings. The van der Waals surface area contributed by atoms with Crippen LogP contribution in [0.4, 0.5) is 0 Å². The van der Waals surface area contributed by atoms with E-state index in [-0.39, 0.29) is 12.5 Å². The fraction of sp³-hybridized carbons (Fsp3) is 0.286. The fourth-order valence-electron chi connectivity index (χ4n) is 1.34. The molecule has 0 atom stereocenters. The lowest BCUT2D eigenvalue weighted by Crippen LogP contribution is -2.33. The Morgan fingerprint density at radius 1 is 1.32 bits per heavy atom. The molecule has 0 aliphatic rings. The SMILES string of the molecule is CC(C)=CCSc1ccccc1C(=O)NCC(N)=O. The van der Waals surface area contributed by atoms with Crippen molar-refractivity contribution in [2.24, 2.45) is 5.73 Å². The van der Waals surface area contributed by atoms with Gasteiger partial charge in [0.1, 0.15) is 0 Å². The first kappa shape index (κ1) is 15.3. The molecule has 4 nitrogen and oxygen atoms in total. The molecule has 0 unspecified atom stereocenters. The van der Waals surface area contributed by atoms with E-state index >= 15 is 0 Å². The van der Waals surface area contributed by atoms with Gasteiger partial charge < -0.3 is 11.1 Å². The number of nitrogens with one attached hydrogen (secondary N) is 1. The predicted molar refractivity (Wildman–Crippen MR) is 78.1 cm³/mol. The summed E-state index contributed by atoms with van der Waals surface area (Å²) in [4.78, 5) is 23.5. The summed E-state index contributed by atoms with van der Waals surface area (Å²) in [5, 5.41) is 2.50. The van der Waals surface area contributed by atoms with Crippen molar-refractivity contribution in [3.8, 4) is 0 Å². The first-order valence-electron chi connectivity index (χ1n) is 5.92. The molecule has 102 valence electrons. The van der Waals surface area contributed by atoms with Gasteiger partial charge in [-0.15, -0.1) is 11.8 Å². The molecule has 0 bridgehead atoms. The lowest BCUT2D eigenvalue weighted by molar-refractivity contribution is -0.117. The second-order valence-corrected chi connectivity index (χ2v) is 5.30. The van der Waals surface area contributed by atoms with E-state index in [2.05, 4.69) is 11.4 Å². The van der Waals surface area contributed by atoms with Gasteiger partial charge in [-0.1, -0.05) is 23.8 Å². The van der Waals surface area contributed by atoms with Gasteiger partial charge in [0, 0.05) is 10.6 Å². The summed E-state index contributed by atoms with van der Waals surface area (Å²) in [6.07, 6.45) is 2.10. The smallest absolute Gasteiger partial charge is 0.252 e. The molecular formula is C14H18N2O2S. The molecule has 0 saturated heterocycles. The van der Waals surface area contributed by atoms with E-state index in [9.17, 15) is 9.59 Å². The normalized spacial score (nSPS) is 9.79. The molecule has 0 radical (unpaired) electrons. The molecule has 19 heavy (non-hydrogen) atoms. The average molecular weight is 278 g/mol. The lowest BCUT2D eigenvalue weighted by Gasteiger charge is -2.08. The molecule has 0 saturated carbocycles. The maximum atomic E-state index is 11.9. The highest BCUT2D eigenvalue weighted by atomic mass is 32.2. The summed E-state index contributed by atoms with van der Waals surface area (Å²) in [6.45, 7) is 3.92. The summed E-state index contributed by atoms with van der Waals surface area (Å²) in [5.41, 5.74) is 6.81. The number of thioether (sulfide) groups is 1. The molecule has 0 fully saturated rings. The van der Waals surface area contributed by atoms with Crippen molar-refractivity contribution in [1.29, 1.82) is 0 Å². The highest BCUT2D eigenvalue weighted by molar-refractivity contribution is 7.99. The van der Waals surface area contributed by atoms with Gasteiger partial charge in [0.05, 0.1) is 12.1 Å². The van der Waals surface area contributed by atoms with Crippen LogP contribution in [0.3, 0.4) is 0 Å². The van der Waals surface area contributed by atoms with Crippen molar-refractivity contribution < 1.29 is 9.59 Å². The van der Waals surface area contributed by atoms with Crippen LogP contribution in [-0.4, -0.2) is 24.1 Å².